The molecule has 156 valence electrons. The van der Waals surface area contributed by atoms with Gasteiger partial charge in [-0.1, -0.05) is 36.7 Å². The van der Waals surface area contributed by atoms with Crippen LogP contribution in [0.2, 0.25) is 5.02 Å². The lowest BCUT2D eigenvalue weighted by atomic mass is 10.1. The molecule has 1 saturated heterocycles. The van der Waals surface area contributed by atoms with Crippen molar-refractivity contribution in [3.05, 3.63) is 64.8 Å². The minimum atomic E-state index is -3.76. The quantitative estimate of drug-likeness (QED) is 0.630. The predicted molar refractivity (Wildman–Crippen MR) is 116 cm³/mol. The predicted octanol–water partition coefficient (Wildman–Crippen LogP) is 3.11. The molecule has 2 heterocycles. The first kappa shape index (κ1) is 20.4. The van der Waals surface area contributed by atoms with Crippen molar-refractivity contribution >= 4 is 50.0 Å². The molecule has 1 aromatic heterocycles. The average Bonchev–Trinajstić information content (AvgIpc) is 3.20. The molecule has 7 nitrogen and oxygen atoms in total. The normalized spacial score (nSPS) is 18.1. The number of rotatable bonds is 5. The van der Waals surface area contributed by atoms with Crippen LogP contribution in [0.1, 0.15) is 22.8 Å². The highest BCUT2D eigenvalue weighted by Crippen LogP contribution is 2.31. The molecule has 30 heavy (non-hydrogen) atoms. The van der Waals surface area contributed by atoms with E-state index in [1.54, 1.807) is 6.92 Å². The van der Waals surface area contributed by atoms with E-state index in [9.17, 15) is 18.0 Å². The summed E-state index contributed by atoms with van der Waals surface area (Å²) in [7, 11) is -3.76. The van der Waals surface area contributed by atoms with Gasteiger partial charge in [-0.25, -0.2) is 12.7 Å². The standard InChI is InChI=1S/C21H20ClN3O4S/c1-13-12-30(28,29)25(21(13)27)15-6-7-18(22)17(10-15)20(26)23-9-8-14-11-24-19-5-3-2-4-16(14)19/h2-7,10-11,13,24H,8-9,12H2,1H3,(H,23,26). The van der Waals surface area contributed by atoms with Crippen LogP contribution in [0, 0.1) is 5.92 Å². The molecule has 0 radical (unpaired) electrons. The third-order valence-electron chi connectivity index (χ3n) is 5.14. The third-order valence-corrected chi connectivity index (χ3v) is 7.34. The second-order valence-corrected chi connectivity index (χ2v) is 9.58. The van der Waals surface area contributed by atoms with Gasteiger partial charge < -0.3 is 10.3 Å². The molecule has 1 unspecified atom stereocenters. The Morgan fingerprint density at radius 2 is 2.03 bits per heavy atom. The Labute approximate surface area is 179 Å². The zero-order valence-corrected chi connectivity index (χ0v) is 17.8. The van der Waals surface area contributed by atoms with Gasteiger partial charge in [0.05, 0.1) is 27.9 Å². The first-order valence-corrected chi connectivity index (χ1v) is 11.5. The van der Waals surface area contributed by atoms with E-state index in [1.165, 1.54) is 18.2 Å². The lowest BCUT2D eigenvalue weighted by Gasteiger charge is -2.17. The second kappa shape index (κ2) is 7.77. The SMILES string of the molecule is CC1CS(=O)(=O)N(c2ccc(Cl)c(C(=O)NCCc3c[nH]c4ccccc34)c2)C1=O. The largest absolute Gasteiger partial charge is 0.361 e. The second-order valence-electron chi connectivity index (χ2n) is 7.31. The van der Waals surface area contributed by atoms with E-state index < -0.39 is 27.8 Å². The van der Waals surface area contributed by atoms with Crippen molar-refractivity contribution in [2.45, 2.75) is 13.3 Å². The van der Waals surface area contributed by atoms with Crippen LogP contribution in [-0.4, -0.2) is 37.5 Å². The maximum absolute atomic E-state index is 12.7. The monoisotopic (exact) mass is 445 g/mol. The van der Waals surface area contributed by atoms with Crippen molar-refractivity contribution in [2.24, 2.45) is 5.92 Å². The number of halogens is 1. The minimum Gasteiger partial charge on any atom is -0.361 e. The number of nitrogens with one attached hydrogen (secondary N) is 2. The fourth-order valence-electron chi connectivity index (χ4n) is 3.64. The number of carbonyl (C=O) groups is 2. The number of H-pyrrole nitrogens is 1. The van der Waals surface area contributed by atoms with Gasteiger partial charge in [0, 0.05) is 23.6 Å². The fraction of sp³-hybridized carbons (Fsp3) is 0.238. The third kappa shape index (κ3) is 3.68. The van der Waals surface area contributed by atoms with Gasteiger partial charge in [-0.2, -0.15) is 0 Å². The zero-order chi connectivity index (χ0) is 21.5. The molecular weight excluding hydrogens is 426 g/mol. The number of hydrogen-bond donors (Lipinski definition) is 2. The molecule has 0 aliphatic carbocycles. The van der Waals surface area contributed by atoms with Crippen molar-refractivity contribution in [1.29, 1.82) is 0 Å². The average molecular weight is 446 g/mol. The van der Waals surface area contributed by atoms with E-state index >= 15 is 0 Å². The summed E-state index contributed by atoms with van der Waals surface area (Å²) < 4.78 is 25.4. The number of fused-ring (bicyclic) bond motifs is 1. The molecule has 1 aliphatic heterocycles. The van der Waals surface area contributed by atoms with E-state index in [0.29, 0.717) is 13.0 Å². The van der Waals surface area contributed by atoms with Crippen molar-refractivity contribution in [3.8, 4) is 0 Å². The molecule has 1 aliphatic rings. The van der Waals surface area contributed by atoms with Crippen LogP contribution in [0.25, 0.3) is 10.9 Å². The number of amides is 2. The molecular formula is C21H20ClN3O4S. The Morgan fingerprint density at radius 1 is 1.27 bits per heavy atom. The number of para-hydroxylation sites is 1. The van der Waals surface area contributed by atoms with E-state index in [1.807, 2.05) is 30.5 Å². The van der Waals surface area contributed by atoms with E-state index in [0.717, 1.165) is 20.8 Å². The van der Waals surface area contributed by atoms with E-state index in [-0.39, 0.29) is 22.0 Å². The van der Waals surface area contributed by atoms with Crippen LogP contribution < -0.4 is 9.62 Å². The molecule has 2 amide bonds. The van der Waals surface area contributed by atoms with Crippen LogP contribution in [0.3, 0.4) is 0 Å². The summed E-state index contributed by atoms with van der Waals surface area (Å²) in [6.45, 7) is 1.94. The zero-order valence-electron chi connectivity index (χ0n) is 16.2. The van der Waals surface area contributed by atoms with E-state index in [4.69, 9.17) is 11.6 Å². The summed E-state index contributed by atoms with van der Waals surface area (Å²) in [6.07, 6.45) is 2.53. The lowest BCUT2D eigenvalue weighted by Crippen LogP contribution is -2.31. The Balaban J connectivity index is 1.50. The smallest absolute Gasteiger partial charge is 0.252 e. The van der Waals surface area contributed by atoms with Crippen LogP contribution in [0.4, 0.5) is 5.69 Å². The summed E-state index contributed by atoms with van der Waals surface area (Å²) in [5, 5.41) is 4.09. The highest BCUT2D eigenvalue weighted by atomic mass is 35.5. The summed E-state index contributed by atoms with van der Waals surface area (Å²) in [5.74, 6) is -1.82. The van der Waals surface area contributed by atoms with Crippen molar-refractivity contribution in [1.82, 2.24) is 10.3 Å². The lowest BCUT2D eigenvalue weighted by molar-refractivity contribution is -0.119. The maximum atomic E-state index is 12.7. The fourth-order valence-corrected chi connectivity index (χ4v) is 5.66. The number of carbonyl (C=O) groups excluding carboxylic acids is 2. The Hall–Kier alpha value is -2.84. The molecule has 1 fully saturated rings. The molecule has 0 saturated carbocycles. The number of anilines is 1. The number of sulfonamides is 1. The molecule has 9 heteroatoms. The van der Waals surface area contributed by atoms with Gasteiger partial charge in [-0.05, 0) is 36.2 Å². The highest BCUT2D eigenvalue weighted by Gasteiger charge is 2.42. The van der Waals surface area contributed by atoms with Gasteiger partial charge >= 0.3 is 0 Å². The number of benzene rings is 2. The maximum Gasteiger partial charge on any atom is 0.252 e. The van der Waals surface area contributed by atoms with Gasteiger partial charge in [0.1, 0.15) is 0 Å². The highest BCUT2D eigenvalue weighted by molar-refractivity contribution is 7.94. The van der Waals surface area contributed by atoms with Crippen LogP contribution in [0.5, 0.6) is 0 Å². The number of nitrogens with zero attached hydrogens (tertiary/aromatic N) is 1. The summed E-state index contributed by atoms with van der Waals surface area (Å²) in [5.41, 5.74) is 2.35. The van der Waals surface area contributed by atoms with Gasteiger partial charge in [0.2, 0.25) is 15.9 Å². The Morgan fingerprint density at radius 3 is 2.77 bits per heavy atom. The van der Waals surface area contributed by atoms with Crippen molar-refractivity contribution in [2.75, 3.05) is 16.6 Å². The Kier molecular flexibility index (Phi) is 5.29. The molecule has 1 atom stereocenters. The van der Waals surface area contributed by atoms with Gasteiger partial charge in [-0.15, -0.1) is 0 Å². The van der Waals surface area contributed by atoms with Crippen molar-refractivity contribution < 1.29 is 18.0 Å². The van der Waals surface area contributed by atoms with Gasteiger partial charge in [0.25, 0.3) is 5.91 Å². The van der Waals surface area contributed by atoms with Crippen molar-refractivity contribution in [3.63, 3.8) is 0 Å². The van der Waals surface area contributed by atoms with Crippen LogP contribution in [0.15, 0.2) is 48.7 Å². The van der Waals surface area contributed by atoms with Crippen LogP contribution in [-0.2, 0) is 21.2 Å². The molecule has 0 spiro atoms. The first-order chi connectivity index (χ1) is 14.3. The molecule has 3 aromatic rings. The molecule has 2 aromatic carbocycles. The first-order valence-electron chi connectivity index (χ1n) is 9.47. The number of aromatic amines is 1. The minimum absolute atomic E-state index is 0.121. The Bertz CT molecular complexity index is 1250. The van der Waals surface area contributed by atoms with Crippen LogP contribution >= 0.6 is 11.6 Å². The summed E-state index contributed by atoms with van der Waals surface area (Å²) >= 11 is 6.17. The molecule has 0 bridgehead atoms. The molecule has 2 N–H and O–H groups in total. The number of aromatic nitrogens is 1. The molecule has 4 rings (SSSR count). The van der Waals surface area contributed by atoms with Gasteiger partial charge in [0.15, 0.2) is 0 Å². The van der Waals surface area contributed by atoms with Gasteiger partial charge in [-0.3, -0.25) is 9.59 Å². The van der Waals surface area contributed by atoms with E-state index in [2.05, 4.69) is 10.3 Å². The summed E-state index contributed by atoms with van der Waals surface area (Å²) in [4.78, 5) is 28.2. The number of hydrogen-bond acceptors (Lipinski definition) is 4. The topological polar surface area (TPSA) is 99.3 Å². The summed E-state index contributed by atoms with van der Waals surface area (Å²) in [6, 6.07) is 12.1.